The van der Waals surface area contributed by atoms with Crippen molar-refractivity contribution in [3.63, 3.8) is 0 Å². The molecule has 2 N–H and O–H groups in total. The van der Waals surface area contributed by atoms with Crippen LogP contribution in [0.5, 0.6) is 0 Å². The molecule has 6 rings (SSSR count). The molecule has 3 unspecified atom stereocenters. The fourth-order valence-corrected chi connectivity index (χ4v) is 4.79. The first kappa shape index (κ1) is 17.1. The Bertz CT molecular complexity index is 1080. The number of piperidine rings is 1. The van der Waals surface area contributed by atoms with Gasteiger partial charge in [-0.2, -0.15) is 0 Å². The molecule has 3 aromatic rings. The lowest BCUT2D eigenvalue weighted by Crippen LogP contribution is -2.51. The molecule has 2 aliphatic heterocycles. The first-order valence-corrected chi connectivity index (χ1v) is 9.89. The second kappa shape index (κ2) is 6.53. The second-order valence-corrected chi connectivity index (χ2v) is 7.90. The zero-order valence-electron chi connectivity index (χ0n) is 14.7. The van der Waals surface area contributed by atoms with Crippen LogP contribution in [0.1, 0.15) is 29.5 Å². The van der Waals surface area contributed by atoms with E-state index in [1.807, 2.05) is 29.6 Å². The first-order chi connectivity index (χ1) is 13.6. The van der Waals surface area contributed by atoms with Crippen LogP contribution in [0.3, 0.4) is 0 Å². The number of carbonyl (C=O) groups is 2. The predicted octanol–water partition coefficient (Wildman–Crippen LogP) is 3.86. The highest BCUT2D eigenvalue weighted by Crippen LogP contribution is 2.46. The molecule has 3 heterocycles. The van der Waals surface area contributed by atoms with Gasteiger partial charge in [-0.15, -0.1) is 11.3 Å². The van der Waals surface area contributed by atoms with E-state index in [-0.39, 0.29) is 35.5 Å². The topological polar surface area (TPSA) is 71.1 Å². The van der Waals surface area contributed by atoms with Crippen LogP contribution in [-0.2, 0) is 9.59 Å². The van der Waals surface area contributed by atoms with Gasteiger partial charge in [0.25, 0.3) is 0 Å². The second-order valence-electron chi connectivity index (χ2n) is 7.04. The van der Waals surface area contributed by atoms with Crippen LogP contribution in [0.4, 0.5) is 9.52 Å². The Morgan fingerprint density at radius 2 is 1.89 bits per heavy atom. The highest BCUT2D eigenvalue weighted by Gasteiger charge is 2.47. The molecule has 7 heteroatoms. The van der Waals surface area contributed by atoms with Crippen molar-refractivity contribution in [1.82, 2.24) is 10.3 Å². The van der Waals surface area contributed by atoms with E-state index in [2.05, 4.69) is 15.6 Å². The number of hydrogen-bond donors (Lipinski definition) is 2. The van der Waals surface area contributed by atoms with Gasteiger partial charge in [-0.1, -0.05) is 24.3 Å². The standard InChI is InChI=1S/C21H16FN3O2S/c22-12-7-5-11(6-8-12)17-10-28-21(23-17)25-20(27)16-9-15-13-3-1-2-4-14(13)18(16)24-19(15)26/h1-8,10,15-16,18H,9H2,(H,24,26)(H,23,25,27). The summed E-state index contributed by atoms with van der Waals surface area (Å²) in [5, 5.41) is 8.18. The third kappa shape index (κ3) is 2.79. The van der Waals surface area contributed by atoms with Crippen molar-refractivity contribution in [2.24, 2.45) is 5.92 Å². The first-order valence-electron chi connectivity index (χ1n) is 9.01. The largest absolute Gasteiger partial charge is 0.348 e. The van der Waals surface area contributed by atoms with E-state index in [0.29, 0.717) is 17.2 Å². The lowest BCUT2D eigenvalue weighted by atomic mass is 9.69. The summed E-state index contributed by atoms with van der Waals surface area (Å²) in [6.07, 6.45) is 0.496. The Morgan fingerprint density at radius 1 is 1.14 bits per heavy atom. The zero-order valence-corrected chi connectivity index (χ0v) is 15.5. The molecule has 28 heavy (non-hydrogen) atoms. The summed E-state index contributed by atoms with van der Waals surface area (Å²) >= 11 is 1.32. The number of benzene rings is 2. The highest BCUT2D eigenvalue weighted by molar-refractivity contribution is 7.14. The van der Waals surface area contributed by atoms with Crippen molar-refractivity contribution in [2.45, 2.75) is 18.4 Å². The van der Waals surface area contributed by atoms with Crippen LogP contribution >= 0.6 is 11.3 Å². The van der Waals surface area contributed by atoms with E-state index in [1.54, 1.807) is 12.1 Å². The number of nitrogens with zero attached hydrogens (tertiary/aromatic N) is 1. The summed E-state index contributed by atoms with van der Waals surface area (Å²) in [7, 11) is 0. The summed E-state index contributed by atoms with van der Waals surface area (Å²) in [5.41, 5.74) is 3.51. The van der Waals surface area contributed by atoms with Crippen LogP contribution in [0.15, 0.2) is 53.9 Å². The molecular weight excluding hydrogens is 377 g/mol. The van der Waals surface area contributed by atoms with Gasteiger partial charge in [0.15, 0.2) is 5.13 Å². The van der Waals surface area contributed by atoms with E-state index in [9.17, 15) is 14.0 Å². The lowest BCUT2D eigenvalue weighted by molar-refractivity contribution is -0.131. The maximum atomic E-state index is 13.1. The molecule has 2 amide bonds. The molecule has 1 saturated heterocycles. The van der Waals surface area contributed by atoms with Gasteiger partial charge in [0.2, 0.25) is 11.8 Å². The van der Waals surface area contributed by atoms with Gasteiger partial charge in [0, 0.05) is 10.9 Å². The monoisotopic (exact) mass is 393 g/mol. The number of anilines is 1. The quantitative estimate of drug-likeness (QED) is 0.710. The molecule has 0 saturated carbocycles. The minimum Gasteiger partial charge on any atom is -0.348 e. The predicted molar refractivity (Wildman–Crippen MR) is 104 cm³/mol. The number of hydrogen-bond acceptors (Lipinski definition) is 4. The third-order valence-corrected chi connectivity index (χ3v) is 6.18. The van der Waals surface area contributed by atoms with Crippen molar-refractivity contribution in [2.75, 3.05) is 5.32 Å². The molecular formula is C21H16FN3O2S. The van der Waals surface area contributed by atoms with Gasteiger partial charge < -0.3 is 10.6 Å². The average molecular weight is 393 g/mol. The Kier molecular flexibility index (Phi) is 3.98. The number of nitrogens with one attached hydrogen (secondary N) is 2. The minimum absolute atomic E-state index is 0.0133. The maximum absolute atomic E-state index is 13.1. The number of thiazole rings is 1. The molecule has 140 valence electrons. The third-order valence-electron chi connectivity index (χ3n) is 5.42. The molecule has 2 aromatic carbocycles. The van der Waals surface area contributed by atoms with Crippen molar-refractivity contribution in [3.05, 3.63) is 70.9 Å². The summed E-state index contributed by atoms with van der Waals surface area (Å²) in [4.78, 5) is 29.6. The number of amides is 2. The Hall–Kier alpha value is -3.06. The molecule has 0 radical (unpaired) electrons. The summed E-state index contributed by atoms with van der Waals surface area (Å²) < 4.78 is 13.1. The number of fused-ring (bicyclic) bond motifs is 2. The molecule has 0 spiro atoms. The number of aromatic nitrogens is 1. The van der Waals surface area contributed by atoms with Crippen LogP contribution in [0, 0.1) is 11.7 Å². The summed E-state index contributed by atoms with van der Waals surface area (Å²) in [5.74, 6) is -1.09. The Labute approximate surface area is 164 Å². The fourth-order valence-electron chi connectivity index (χ4n) is 4.07. The maximum Gasteiger partial charge on any atom is 0.231 e. The van der Waals surface area contributed by atoms with Crippen LogP contribution in [0.2, 0.25) is 0 Å². The normalized spacial score (nSPS) is 22.5. The number of carbonyl (C=O) groups excluding carboxylic acids is 2. The molecule has 5 nitrogen and oxygen atoms in total. The van der Waals surface area contributed by atoms with E-state index in [4.69, 9.17) is 0 Å². The van der Waals surface area contributed by atoms with Crippen LogP contribution in [-0.4, -0.2) is 16.8 Å². The fraction of sp³-hybridized carbons (Fsp3) is 0.190. The smallest absolute Gasteiger partial charge is 0.231 e. The van der Waals surface area contributed by atoms with Gasteiger partial charge in [0.1, 0.15) is 5.82 Å². The molecule has 2 bridgehead atoms. The lowest BCUT2D eigenvalue weighted by Gasteiger charge is -2.42. The van der Waals surface area contributed by atoms with E-state index >= 15 is 0 Å². The van der Waals surface area contributed by atoms with Crippen molar-refractivity contribution < 1.29 is 14.0 Å². The molecule has 1 fully saturated rings. The Morgan fingerprint density at radius 3 is 2.68 bits per heavy atom. The van der Waals surface area contributed by atoms with E-state index in [0.717, 1.165) is 16.7 Å². The number of halogens is 1. The highest BCUT2D eigenvalue weighted by atomic mass is 32.1. The number of rotatable bonds is 3. The van der Waals surface area contributed by atoms with Crippen molar-refractivity contribution >= 4 is 28.3 Å². The van der Waals surface area contributed by atoms with Gasteiger partial charge in [-0.3, -0.25) is 9.59 Å². The van der Waals surface area contributed by atoms with Gasteiger partial charge in [0.05, 0.1) is 23.6 Å². The molecule has 1 aliphatic carbocycles. The Balaban J connectivity index is 1.36. The molecule has 3 atom stereocenters. The van der Waals surface area contributed by atoms with Crippen LogP contribution < -0.4 is 10.6 Å². The van der Waals surface area contributed by atoms with Gasteiger partial charge >= 0.3 is 0 Å². The average Bonchev–Trinajstić information content (AvgIpc) is 3.17. The van der Waals surface area contributed by atoms with E-state index < -0.39 is 0 Å². The summed E-state index contributed by atoms with van der Waals surface area (Å²) in [6, 6.07) is 13.6. The SMILES string of the molecule is O=C1NC2c3ccccc3C1CC2C(=O)Nc1nc(-c2ccc(F)cc2)cs1. The van der Waals surface area contributed by atoms with Crippen LogP contribution in [0.25, 0.3) is 11.3 Å². The molecule has 3 aliphatic rings. The van der Waals surface area contributed by atoms with Gasteiger partial charge in [-0.25, -0.2) is 9.37 Å². The van der Waals surface area contributed by atoms with Gasteiger partial charge in [-0.05, 0) is 41.8 Å². The van der Waals surface area contributed by atoms with Crippen molar-refractivity contribution in [3.8, 4) is 11.3 Å². The summed E-state index contributed by atoms with van der Waals surface area (Å²) in [6.45, 7) is 0. The van der Waals surface area contributed by atoms with Crippen molar-refractivity contribution in [1.29, 1.82) is 0 Å². The zero-order chi connectivity index (χ0) is 19.3. The van der Waals surface area contributed by atoms with E-state index in [1.165, 1.54) is 23.5 Å². The minimum atomic E-state index is -0.337. The molecule has 1 aromatic heterocycles.